The molecule has 0 saturated carbocycles. The molecule has 72 valence electrons. The Hall–Kier alpha value is -0.210. The summed E-state index contributed by atoms with van der Waals surface area (Å²) in [5.74, 6) is 0.758. The van der Waals surface area contributed by atoms with Crippen molar-refractivity contribution in [3.63, 3.8) is 0 Å². The summed E-state index contributed by atoms with van der Waals surface area (Å²) in [7, 11) is 0. The molecule has 0 N–H and O–H groups in total. The molecule has 1 atom stereocenters. The van der Waals surface area contributed by atoms with Crippen molar-refractivity contribution < 1.29 is 4.74 Å². The Kier molecular flexibility index (Phi) is 4.07. The third kappa shape index (κ3) is 3.20. The number of benzene rings is 1. The van der Waals surface area contributed by atoms with E-state index in [9.17, 15) is 0 Å². The van der Waals surface area contributed by atoms with E-state index >= 15 is 0 Å². The summed E-state index contributed by atoms with van der Waals surface area (Å²) in [6.45, 7) is 4.01. The van der Waals surface area contributed by atoms with Crippen LogP contribution < -0.4 is 4.74 Å². The van der Waals surface area contributed by atoms with Gasteiger partial charge in [-0.15, -0.1) is 0 Å². The molecule has 0 saturated heterocycles. The summed E-state index contributed by atoms with van der Waals surface area (Å²) in [6.07, 6.45) is 0.138. The second-order valence-corrected chi connectivity index (χ2v) is 4.07. The number of hydrogen-bond acceptors (Lipinski definition) is 1. The van der Waals surface area contributed by atoms with Crippen LogP contribution in [-0.2, 0) is 0 Å². The summed E-state index contributed by atoms with van der Waals surface area (Å²) >= 11 is 9.30. The highest BCUT2D eigenvalue weighted by Gasteiger charge is 2.05. The maximum absolute atomic E-state index is 5.96. The lowest BCUT2D eigenvalue weighted by Gasteiger charge is -2.13. The molecular weight excluding hydrogens is 251 g/mol. The highest BCUT2D eigenvalue weighted by atomic mass is 79.9. The molecular formula is C10H12BrClO. The van der Waals surface area contributed by atoms with E-state index in [-0.39, 0.29) is 6.10 Å². The van der Waals surface area contributed by atoms with Gasteiger partial charge in [-0.05, 0) is 31.5 Å². The topological polar surface area (TPSA) is 9.23 Å². The van der Waals surface area contributed by atoms with E-state index in [1.54, 1.807) is 0 Å². The molecule has 0 bridgehead atoms. The Morgan fingerprint density at radius 1 is 1.54 bits per heavy atom. The van der Waals surface area contributed by atoms with Crippen LogP contribution >= 0.6 is 27.5 Å². The Bertz CT molecular complexity index is 288. The predicted molar refractivity (Wildman–Crippen MR) is 60.1 cm³/mol. The van der Waals surface area contributed by atoms with E-state index < -0.39 is 0 Å². The van der Waals surface area contributed by atoms with Crippen molar-refractivity contribution >= 4 is 27.5 Å². The first-order valence-electron chi connectivity index (χ1n) is 4.12. The molecule has 1 aromatic rings. The SMILES string of the molecule is Cc1ccc(Cl)c(OC(C)CBr)c1. The second-order valence-electron chi connectivity index (χ2n) is 3.02. The fourth-order valence-corrected chi connectivity index (χ4v) is 1.24. The minimum atomic E-state index is 0.138. The van der Waals surface area contributed by atoms with E-state index in [1.165, 1.54) is 0 Å². The Labute approximate surface area is 92.2 Å². The average molecular weight is 264 g/mol. The lowest BCUT2D eigenvalue weighted by Crippen LogP contribution is -2.13. The van der Waals surface area contributed by atoms with Crippen LogP contribution in [0.5, 0.6) is 5.75 Å². The first-order valence-corrected chi connectivity index (χ1v) is 5.62. The smallest absolute Gasteiger partial charge is 0.138 e. The predicted octanol–water partition coefficient (Wildman–Crippen LogP) is 3.81. The van der Waals surface area contributed by atoms with Crippen molar-refractivity contribution in [2.24, 2.45) is 0 Å². The van der Waals surface area contributed by atoms with Gasteiger partial charge >= 0.3 is 0 Å². The molecule has 0 radical (unpaired) electrons. The van der Waals surface area contributed by atoms with Crippen LogP contribution in [0.4, 0.5) is 0 Å². The van der Waals surface area contributed by atoms with E-state index in [1.807, 2.05) is 32.0 Å². The summed E-state index contributed by atoms with van der Waals surface area (Å²) in [5.41, 5.74) is 1.15. The van der Waals surface area contributed by atoms with E-state index in [2.05, 4.69) is 15.9 Å². The largest absolute Gasteiger partial charge is 0.488 e. The van der Waals surface area contributed by atoms with E-state index in [4.69, 9.17) is 16.3 Å². The van der Waals surface area contributed by atoms with Crippen molar-refractivity contribution in [2.45, 2.75) is 20.0 Å². The normalized spacial score (nSPS) is 12.6. The molecule has 0 spiro atoms. The molecule has 13 heavy (non-hydrogen) atoms. The zero-order valence-electron chi connectivity index (χ0n) is 7.68. The monoisotopic (exact) mass is 262 g/mol. The third-order valence-corrected chi connectivity index (χ3v) is 2.86. The van der Waals surface area contributed by atoms with Crippen LogP contribution in [-0.4, -0.2) is 11.4 Å². The molecule has 0 amide bonds. The maximum Gasteiger partial charge on any atom is 0.138 e. The molecule has 0 fully saturated rings. The van der Waals surface area contributed by atoms with Gasteiger partial charge in [-0.2, -0.15) is 0 Å². The molecule has 0 heterocycles. The highest BCUT2D eigenvalue weighted by molar-refractivity contribution is 9.09. The van der Waals surface area contributed by atoms with Crippen LogP contribution in [0.25, 0.3) is 0 Å². The first-order chi connectivity index (χ1) is 6.13. The zero-order chi connectivity index (χ0) is 9.84. The van der Waals surface area contributed by atoms with E-state index in [0.29, 0.717) is 5.02 Å². The lowest BCUT2D eigenvalue weighted by atomic mass is 10.2. The number of hydrogen-bond donors (Lipinski definition) is 0. The van der Waals surface area contributed by atoms with E-state index in [0.717, 1.165) is 16.6 Å². The van der Waals surface area contributed by atoms with Crippen LogP contribution in [0.15, 0.2) is 18.2 Å². The van der Waals surface area contributed by atoms with Crippen molar-refractivity contribution in [2.75, 3.05) is 5.33 Å². The fourth-order valence-electron chi connectivity index (χ4n) is 0.949. The lowest BCUT2D eigenvalue weighted by molar-refractivity contribution is 0.248. The van der Waals surface area contributed by atoms with Gasteiger partial charge in [-0.1, -0.05) is 33.6 Å². The van der Waals surface area contributed by atoms with Gasteiger partial charge in [-0.3, -0.25) is 0 Å². The Balaban J connectivity index is 2.81. The summed E-state index contributed by atoms with van der Waals surface area (Å²) in [6, 6.07) is 5.77. The van der Waals surface area contributed by atoms with Gasteiger partial charge < -0.3 is 4.74 Å². The van der Waals surface area contributed by atoms with Crippen molar-refractivity contribution in [1.29, 1.82) is 0 Å². The van der Waals surface area contributed by atoms with Gasteiger partial charge in [0.25, 0.3) is 0 Å². The quantitative estimate of drug-likeness (QED) is 0.754. The van der Waals surface area contributed by atoms with Gasteiger partial charge in [-0.25, -0.2) is 0 Å². The summed E-state index contributed by atoms with van der Waals surface area (Å²) < 4.78 is 5.60. The zero-order valence-corrected chi connectivity index (χ0v) is 10.0. The van der Waals surface area contributed by atoms with Crippen molar-refractivity contribution in [1.82, 2.24) is 0 Å². The Morgan fingerprint density at radius 3 is 2.85 bits per heavy atom. The molecule has 0 aliphatic rings. The summed E-state index contributed by atoms with van der Waals surface area (Å²) in [4.78, 5) is 0. The van der Waals surface area contributed by atoms with Crippen molar-refractivity contribution in [3.05, 3.63) is 28.8 Å². The number of halogens is 2. The maximum atomic E-state index is 5.96. The van der Waals surface area contributed by atoms with Gasteiger partial charge in [0, 0.05) is 5.33 Å². The van der Waals surface area contributed by atoms with Gasteiger partial charge in [0.1, 0.15) is 11.9 Å². The van der Waals surface area contributed by atoms with Gasteiger partial charge in [0.2, 0.25) is 0 Å². The Morgan fingerprint density at radius 2 is 2.23 bits per heavy atom. The molecule has 1 rings (SSSR count). The first kappa shape index (κ1) is 10.9. The molecule has 1 aromatic carbocycles. The molecule has 0 aliphatic heterocycles. The number of aryl methyl sites for hydroxylation is 1. The van der Waals surface area contributed by atoms with Gasteiger partial charge in [0.15, 0.2) is 0 Å². The van der Waals surface area contributed by atoms with Crippen LogP contribution in [0.1, 0.15) is 12.5 Å². The third-order valence-electron chi connectivity index (χ3n) is 1.63. The van der Waals surface area contributed by atoms with Gasteiger partial charge in [0.05, 0.1) is 5.02 Å². The summed E-state index contributed by atoms with van der Waals surface area (Å²) in [5, 5.41) is 1.47. The highest BCUT2D eigenvalue weighted by Crippen LogP contribution is 2.26. The molecule has 1 nitrogen and oxygen atoms in total. The molecule has 3 heteroatoms. The van der Waals surface area contributed by atoms with Crippen LogP contribution in [0, 0.1) is 6.92 Å². The van der Waals surface area contributed by atoms with Crippen LogP contribution in [0.3, 0.4) is 0 Å². The molecule has 0 aromatic heterocycles. The fraction of sp³-hybridized carbons (Fsp3) is 0.400. The second kappa shape index (κ2) is 4.87. The average Bonchev–Trinajstić information content (AvgIpc) is 2.11. The van der Waals surface area contributed by atoms with Crippen LogP contribution in [0.2, 0.25) is 5.02 Å². The number of rotatable bonds is 3. The molecule has 1 unspecified atom stereocenters. The minimum Gasteiger partial charge on any atom is -0.488 e. The number of alkyl halides is 1. The van der Waals surface area contributed by atoms with Crippen molar-refractivity contribution in [3.8, 4) is 5.75 Å². The number of ether oxygens (including phenoxy) is 1. The minimum absolute atomic E-state index is 0.138. The molecule has 0 aliphatic carbocycles. The standard InChI is InChI=1S/C10H12BrClO/c1-7-3-4-9(12)10(5-7)13-8(2)6-11/h3-5,8H,6H2,1-2H3.